The summed E-state index contributed by atoms with van der Waals surface area (Å²) in [6.45, 7) is 2.28. The molecule has 0 aliphatic carbocycles. The van der Waals surface area contributed by atoms with E-state index in [0.29, 0.717) is 12.0 Å². The predicted molar refractivity (Wildman–Crippen MR) is 90.7 cm³/mol. The van der Waals surface area contributed by atoms with Gasteiger partial charge in [0.05, 0.1) is 6.04 Å². The summed E-state index contributed by atoms with van der Waals surface area (Å²) < 4.78 is 0. The summed E-state index contributed by atoms with van der Waals surface area (Å²) in [6, 6.07) is 20.2. The summed E-state index contributed by atoms with van der Waals surface area (Å²) in [4.78, 5) is 0. The Morgan fingerprint density at radius 1 is 0.952 bits per heavy atom. The van der Waals surface area contributed by atoms with E-state index in [1.54, 1.807) is 0 Å². The molecule has 0 bridgehead atoms. The zero-order valence-electron chi connectivity index (χ0n) is 12.9. The van der Waals surface area contributed by atoms with Gasteiger partial charge in [0.15, 0.2) is 0 Å². The number of hydrogen-bond donors (Lipinski definition) is 1. The first-order valence-electron chi connectivity index (χ1n) is 8.29. The molecular weight excluding hydrogens is 254 g/mol. The van der Waals surface area contributed by atoms with Gasteiger partial charge in [-0.3, -0.25) is 0 Å². The van der Waals surface area contributed by atoms with Gasteiger partial charge in [0.1, 0.15) is 0 Å². The van der Waals surface area contributed by atoms with Gasteiger partial charge in [-0.25, -0.2) is 0 Å². The zero-order chi connectivity index (χ0) is 14.5. The van der Waals surface area contributed by atoms with Crippen LogP contribution in [0.1, 0.15) is 62.1 Å². The van der Waals surface area contributed by atoms with Crippen molar-refractivity contribution in [3.05, 3.63) is 65.7 Å². The van der Waals surface area contributed by atoms with Gasteiger partial charge in [0, 0.05) is 5.69 Å². The largest absolute Gasteiger partial charge is 0.378 e. The molecular formula is C20H25N. The molecule has 0 spiro atoms. The first-order valence-corrected chi connectivity index (χ1v) is 8.29. The fraction of sp³-hybridized carbons (Fsp3) is 0.400. The second kappa shape index (κ2) is 6.80. The van der Waals surface area contributed by atoms with E-state index in [4.69, 9.17) is 0 Å². The smallest absolute Gasteiger partial charge is 0.0519 e. The summed E-state index contributed by atoms with van der Waals surface area (Å²) in [5.41, 5.74) is 4.26. The van der Waals surface area contributed by atoms with Crippen molar-refractivity contribution in [1.29, 1.82) is 0 Å². The predicted octanol–water partition coefficient (Wildman–Crippen LogP) is 5.91. The highest BCUT2D eigenvalue weighted by Crippen LogP contribution is 2.42. The van der Waals surface area contributed by atoms with Crippen LogP contribution in [0.5, 0.6) is 0 Å². The van der Waals surface area contributed by atoms with Crippen LogP contribution in [-0.2, 0) is 0 Å². The molecule has 0 fully saturated rings. The second-order valence-electron chi connectivity index (χ2n) is 6.12. The zero-order valence-corrected chi connectivity index (χ0v) is 12.9. The van der Waals surface area contributed by atoms with E-state index in [0.717, 1.165) is 0 Å². The van der Waals surface area contributed by atoms with Crippen molar-refractivity contribution in [1.82, 2.24) is 0 Å². The Morgan fingerprint density at radius 3 is 2.52 bits per heavy atom. The third-order valence-electron chi connectivity index (χ3n) is 4.61. The van der Waals surface area contributed by atoms with E-state index >= 15 is 0 Å². The monoisotopic (exact) mass is 279 g/mol. The molecule has 0 aromatic heterocycles. The normalized spacial score (nSPS) is 20.6. The van der Waals surface area contributed by atoms with Gasteiger partial charge in [0.2, 0.25) is 0 Å². The Hall–Kier alpha value is -1.76. The average molecular weight is 279 g/mol. The summed E-state index contributed by atoms with van der Waals surface area (Å²) >= 11 is 0. The van der Waals surface area contributed by atoms with Gasteiger partial charge < -0.3 is 5.32 Å². The van der Waals surface area contributed by atoms with Crippen molar-refractivity contribution in [3.63, 3.8) is 0 Å². The van der Waals surface area contributed by atoms with Crippen molar-refractivity contribution in [2.45, 2.75) is 51.0 Å². The van der Waals surface area contributed by atoms with Crippen LogP contribution in [0.15, 0.2) is 54.6 Å². The average Bonchev–Trinajstić information content (AvgIpc) is 2.55. The number of hydrogen-bond acceptors (Lipinski definition) is 1. The maximum absolute atomic E-state index is 3.73. The molecule has 1 aliphatic rings. The third-order valence-corrected chi connectivity index (χ3v) is 4.61. The molecule has 1 aliphatic heterocycles. The molecule has 110 valence electrons. The number of anilines is 1. The molecule has 0 radical (unpaired) electrons. The minimum absolute atomic E-state index is 0.452. The van der Waals surface area contributed by atoms with E-state index in [-0.39, 0.29) is 0 Å². The van der Waals surface area contributed by atoms with Crippen molar-refractivity contribution in [2.75, 3.05) is 5.32 Å². The van der Waals surface area contributed by atoms with Crippen LogP contribution in [0.4, 0.5) is 5.69 Å². The van der Waals surface area contributed by atoms with Crippen molar-refractivity contribution < 1.29 is 0 Å². The Bertz CT molecular complexity index is 561. The molecule has 0 saturated heterocycles. The Balaban J connectivity index is 1.82. The minimum atomic E-state index is 0.452. The summed E-state index contributed by atoms with van der Waals surface area (Å²) in [5, 5.41) is 3.73. The maximum atomic E-state index is 3.73. The highest BCUT2D eigenvalue weighted by atomic mass is 14.9. The minimum Gasteiger partial charge on any atom is -0.378 e. The van der Waals surface area contributed by atoms with Crippen LogP contribution in [0, 0.1) is 0 Å². The van der Waals surface area contributed by atoms with Crippen LogP contribution < -0.4 is 5.32 Å². The van der Waals surface area contributed by atoms with Crippen LogP contribution in [0.2, 0.25) is 0 Å². The quantitative estimate of drug-likeness (QED) is 0.671. The number of nitrogens with one attached hydrogen (secondary N) is 1. The Kier molecular flexibility index (Phi) is 4.59. The van der Waals surface area contributed by atoms with E-state index < -0.39 is 0 Å². The molecule has 3 rings (SSSR count). The molecule has 0 saturated carbocycles. The van der Waals surface area contributed by atoms with Gasteiger partial charge in [-0.1, -0.05) is 74.7 Å². The molecule has 2 aromatic rings. The lowest BCUT2D eigenvalue weighted by Crippen LogP contribution is -2.21. The molecule has 0 unspecified atom stereocenters. The lowest BCUT2D eigenvalue weighted by atomic mass is 9.81. The summed E-state index contributed by atoms with van der Waals surface area (Å²) in [6.07, 6.45) is 6.52. The molecule has 2 atom stereocenters. The molecule has 21 heavy (non-hydrogen) atoms. The molecule has 1 heterocycles. The van der Waals surface area contributed by atoms with E-state index in [1.165, 1.54) is 48.9 Å². The molecule has 1 nitrogen and oxygen atoms in total. The summed E-state index contributed by atoms with van der Waals surface area (Å²) in [5.74, 6) is 0.694. The number of benzene rings is 2. The van der Waals surface area contributed by atoms with Crippen LogP contribution in [0.25, 0.3) is 0 Å². The lowest BCUT2D eigenvalue weighted by molar-refractivity contribution is 0.489. The first-order chi connectivity index (χ1) is 10.4. The van der Waals surface area contributed by atoms with Gasteiger partial charge in [-0.15, -0.1) is 0 Å². The van der Waals surface area contributed by atoms with E-state index in [2.05, 4.69) is 66.8 Å². The molecule has 2 aromatic carbocycles. The number of unbranched alkanes of at least 4 members (excludes halogenated alkanes) is 2. The third kappa shape index (κ3) is 3.29. The summed E-state index contributed by atoms with van der Waals surface area (Å²) in [7, 11) is 0. The Morgan fingerprint density at radius 2 is 1.71 bits per heavy atom. The number of rotatable bonds is 5. The number of fused-ring (bicyclic) bond motifs is 1. The van der Waals surface area contributed by atoms with Gasteiger partial charge in [-0.05, 0) is 36.0 Å². The lowest BCUT2D eigenvalue weighted by Gasteiger charge is -2.33. The fourth-order valence-corrected chi connectivity index (χ4v) is 3.46. The molecule has 0 amide bonds. The van der Waals surface area contributed by atoms with E-state index in [9.17, 15) is 0 Å². The van der Waals surface area contributed by atoms with Crippen molar-refractivity contribution in [3.8, 4) is 0 Å². The number of para-hydroxylation sites is 1. The second-order valence-corrected chi connectivity index (χ2v) is 6.12. The van der Waals surface area contributed by atoms with Gasteiger partial charge >= 0.3 is 0 Å². The highest BCUT2D eigenvalue weighted by Gasteiger charge is 2.26. The standard InChI is InChI=1S/C20H25N/c1-2-3-5-12-17-15-20(16-10-6-4-7-11-16)21-19-14-9-8-13-18(17)19/h4,6-11,13-14,17,20-21H,2-3,5,12,15H2,1H3/t17-,20-/m0/s1. The first kappa shape index (κ1) is 14.2. The molecule has 1 heteroatoms. The highest BCUT2D eigenvalue weighted by molar-refractivity contribution is 5.56. The Labute approximate surface area is 128 Å². The topological polar surface area (TPSA) is 12.0 Å². The van der Waals surface area contributed by atoms with Gasteiger partial charge in [0.25, 0.3) is 0 Å². The van der Waals surface area contributed by atoms with Crippen LogP contribution >= 0.6 is 0 Å². The van der Waals surface area contributed by atoms with Crippen molar-refractivity contribution >= 4 is 5.69 Å². The van der Waals surface area contributed by atoms with Crippen LogP contribution in [-0.4, -0.2) is 0 Å². The SMILES string of the molecule is CCCCC[C@H]1C[C@@H](c2ccccc2)Nc2ccccc21. The fourth-order valence-electron chi connectivity index (χ4n) is 3.46. The molecule has 1 N–H and O–H groups in total. The maximum Gasteiger partial charge on any atom is 0.0519 e. The van der Waals surface area contributed by atoms with Crippen molar-refractivity contribution in [2.24, 2.45) is 0 Å². The van der Waals surface area contributed by atoms with Crippen LogP contribution in [0.3, 0.4) is 0 Å². The van der Waals surface area contributed by atoms with E-state index in [1.807, 2.05) is 0 Å². The van der Waals surface area contributed by atoms with Gasteiger partial charge in [-0.2, -0.15) is 0 Å².